The molecule has 0 unspecified atom stereocenters. The quantitative estimate of drug-likeness (QED) is 0.822. The van der Waals surface area contributed by atoms with Gasteiger partial charge in [-0.2, -0.15) is 0 Å². The zero-order chi connectivity index (χ0) is 15.2. The van der Waals surface area contributed by atoms with Gasteiger partial charge in [-0.15, -0.1) is 0 Å². The maximum atomic E-state index is 11.9. The summed E-state index contributed by atoms with van der Waals surface area (Å²) < 4.78 is 5.40. The second-order valence-corrected chi connectivity index (χ2v) is 4.74. The van der Waals surface area contributed by atoms with Gasteiger partial charge < -0.3 is 4.74 Å². The molecule has 110 valence electrons. The molecule has 0 spiro atoms. The van der Waals surface area contributed by atoms with Crippen LogP contribution >= 0.6 is 11.6 Å². The van der Waals surface area contributed by atoms with Crippen LogP contribution < -0.4 is 15.6 Å². The highest BCUT2D eigenvalue weighted by molar-refractivity contribution is 6.32. The van der Waals surface area contributed by atoms with Crippen molar-refractivity contribution in [1.29, 1.82) is 0 Å². The molecule has 0 bridgehead atoms. The molecule has 2 aromatic heterocycles. The molecule has 0 saturated heterocycles. The number of aromatic nitrogens is 3. The van der Waals surface area contributed by atoms with E-state index in [1.807, 2.05) is 13.8 Å². The van der Waals surface area contributed by atoms with Crippen LogP contribution in [0, 0.1) is 0 Å². The number of anilines is 1. The van der Waals surface area contributed by atoms with E-state index in [1.54, 1.807) is 18.5 Å². The predicted molar refractivity (Wildman–Crippen MR) is 78.1 cm³/mol. The van der Waals surface area contributed by atoms with Crippen LogP contribution in [0.15, 0.2) is 30.7 Å². The normalized spacial score (nSPS) is 10.3. The van der Waals surface area contributed by atoms with Gasteiger partial charge in [0, 0.05) is 18.6 Å². The molecule has 0 fully saturated rings. The summed E-state index contributed by atoms with van der Waals surface area (Å²) in [5, 5.41) is 0.271. The lowest BCUT2D eigenvalue weighted by atomic mass is 10.3. The molecule has 2 N–H and O–H groups in total. The van der Waals surface area contributed by atoms with E-state index in [0.29, 0.717) is 11.4 Å². The second-order valence-electron chi connectivity index (χ2n) is 4.33. The minimum absolute atomic E-state index is 0.0495. The summed E-state index contributed by atoms with van der Waals surface area (Å²) in [5.74, 6) is 0.167. The molecule has 0 aromatic carbocycles. The fraction of sp³-hybridized carbons (Fsp3) is 0.231. The van der Waals surface area contributed by atoms with Crippen molar-refractivity contribution in [2.75, 3.05) is 5.43 Å². The largest absolute Gasteiger partial charge is 0.474 e. The monoisotopic (exact) mass is 307 g/mol. The molecule has 0 radical (unpaired) electrons. The predicted octanol–water partition coefficient (Wildman–Crippen LogP) is 2.07. The van der Waals surface area contributed by atoms with E-state index in [9.17, 15) is 4.79 Å². The highest BCUT2D eigenvalue weighted by Gasteiger charge is 2.11. The Bertz CT molecular complexity index is 621. The van der Waals surface area contributed by atoms with Gasteiger partial charge >= 0.3 is 0 Å². The standard InChI is InChI=1S/C13H14ClN5O2/c1-8(2)21-12-10(14)6-9(7-17-12)11(20)18-19-13-15-4-3-5-16-13/h3-8H,1-2H3,(H,18,20)(H,15,16,19). The number of hydrazine groups is 1. The summed E-state index contributed by atoms with van der Waals surface area (Å²) in [5.41, 5.74) is 5.33. The topological polar surface area (TPSA) is 89.0 Å². The summed E-state index contributed by atoms with van der Waals surface area (Å²) in [4.78, 5) is 23.8. The molecule has 2 heterocycles. The van der Waals surface area contributed by atoms with E-state index in [1.165, 1.54) is 12.3 Å². The minimum Gasteiger partial charge on any atom is -0.474 e. The Morgan fingerprint density at radius 1 is 1.29 bits per heavy atom. The zero-order valence-corrected chi connectivity index (χ0v) is 12.3. The first-order chi connectivity index (χ1) is 10.1. The number of carbonyl (C=O) groups is 1. The Hall–Kier alpha value is -2.41. The highest BCUT2D eigenvalue weighted by atomic mass is 35.5. The number of pyridine rings is 1. The van der Waals surface area contributed by atoms with Gasteiger partial charge in [0.2, 0.25) is 11.8 Å². The summed E-state index contributed by atoms with van der Waals surface area (Å²) in [7, 11) is 0. The van der Waals surface area contributed by atoms with E-state index in [0.717, 1.165) is 0 Å². The Balaban J connectivity index is 2.01. The molecule has 7 nitrogen and oxygen atoms in total. The number of nitrogens with one attached hydrogen (secondary N) is 2. The molecular weight excluding hydrogens is 294 g/mol. The lowest BCUT2D eigenvalue weighted by Crippen LogP contribution is -2.30. The Kier molecular flexibility index (Phi) is 4.89. The lowest BCUT2D eigenvalue weighted by Gasteiger charge is -2.11. The number of hydrogen-bond acceptors (Lipinski definition) is 6. The Morgan fingerprint density at radius 2 is 2.00 bits per heavy atom. The average Bonchev–Trinajstić information content (AvgIpc) is 2.47. The third-order valence-electron chi connectivity index (χ3n) is 2.27. The van der Waals surface area contributed by atoms with Crippen molar-refractivity contribution in [3.63, 3.8) is 0 Å². The van der Waals surface area contributed by atoms with Gasteiger partial charge in [0.05, 0.1) is 11.7 Å². The van der Waals surface area contributed by atoms with Crippen molar-refractivity contribution in [3.05, 3.63) is 41.3 Å². The lowest BCUT2D eigenvalue weighted by molar-refractivity contribution is 0.0962. The number of halogens is 1. The maximum absolute atomic E-state index is 11.9. The maximum Gasteiger partial charge on any atom is 0.271 e. The van der Waals surface area contributed by atoms with Crippen LogP contribution in [0.4, 0.5) is 5.95 Å². The molecule has 8 heteroatoms. The van der Waals surface area contributed by atoms with Crippen molar-refractivity contribution >= 4 is 23.5 Å². The minimum atomic E-state index is -0.409. The first-order valence-corrected chi connectivity index (χ1v) is 6.59. The smallest absolute Gasteiger partial charge is 0.271 e. The molecule has 1 amide bonds. The summed E-state index contributed by atoms with van der Waals surface area (Å²) in [6.07, 6.45) is 4.44. The van der Waals surface area contributed by atoms with Crippen molar-refractivity contribution in [1.82, 2.24) is 20.4 Å². The number of carbonyl (C=O) groups excluding carboxylic acids is 1. The van der Waals surface area contributed by atoms with Crippen LogP contribution in [0.5, 0.6) is 5.88 Å². The molecule has 0 aliphatic rings. The first kappa shape index (κ1) is 15.0. The summed E-state index contributed by atoms with van der Waals surface area (Å²) >= 11 is 6.02. The van der Waals surface area contributed by atoms with E-state index in [-0.39, 0.29) is 17.1 Å². The van der Waals surface area contributed by atoms with Crippen LogP contribution in [0.25, 0.3) is 0 Å². The van der Waals surface area contributed by atoms with Crippen LogP contribution in [-0.2, 0) is 0 Å². The van der Waals surface area contributed by atoms with E-state index >= 15 is 0 Å². The fourth-order valence-electron chi connectivity index (χ4n) is 1.41. The van der Waals surface area contributed by atoms with Gasteiger partial charge in [0.25, 0.3) is 5.91 Å². The average molecular weight is 308 g/mol. The molecule has 2 rings (SSSR count). The molecule has 0 atom stereocenters. The van der Waals surface area contributed by atoms with Crippen LogP contribution in [0.2, 0.25) is 5.02 Å². The van der Waals surface area contributed by atoms with Gasteiger partial charge in [0.1, 0.15) is 5.02 Å². The number of nitrogens with zero attached hydrogens (tertiary/aromatic N) is 3. The van der Waals surface area contributed by atoms with E-state index in [4.69, 9.17) is 16.3 Å². The number of hydrogen-bond donors (Lipinski definition) is 2. The van der Waals surface area contributed by atoms with Crippen molar-refractivity contribution in [3.8, 4) is 5.88 Å². The molecule has 0 saturated carbocycles. The zero-order valence-electron chi connectivity index (χ0n) is 11.5. The number of rotatable bonds is 5. The van der Waals surface area contributed by atoms with Crippen molar-refractivity contribution < 1.29 is 9.53 Å². The third kappa shape index (κ3) is 4.28. The Labute approximate surface area is 126 Å². The highest BCUT2D eigenvalue weighted by Crippen LogP contribution is 2.23. The van der Waals surface area contributed by atoms with E-state index in [2.05, 4.69) is 25.8 Å². The van der Waals surface area contributed by atoms with Gasteiger partial charge in [0.15, 0.2) is 0 Å². The van der Waals surface area contributed by atoms with Crippen LogP contribution in [-0.4, -0.2) is 27.0 Å². The summed E-state index contributed by atoms with van der Waals surface area (Å²) in [6.45, 7) is 3.73. The van der Waals surface area contributed by atoms with Gasteiger partial charge in [-0.05, 0) is 26.0 Å². The third-order valence-corrected chi connectivity index (χ3v) is 2.54. The SMILES string of the molecule is CC(C)Oc1ncc(C(=O)NNc2ncccn2)cc1Cl. The van der Waals surface area contributed by atoms with Gasteiger partial charge in [-0.25, -0.2) is 15.0 Å². The van der Waals surface area contributed by atoms with Crippen LogP contribution in [0.1, 0.15) is 24.2 Å². The first-order valence-electron chi connectivity index (χ1n) is 6.22. The van der Waals surface area contributed by atoms with Gasteiger partial charge in [-0.1, -0.05) is 11.6 Å². The summed E-state index contributed by atoms with van der Waals surface area (Å²) in [6, 6.07) is 3.15. The molecule has 2 aromatic rings. The van der Waals surface area contributed by atoms with Crippen molar-refractivity contribution in [2.45, 2.75) is 20.0 Å². The van der Waals surface area contributed by atoms with Crippen molar-refractivity contribution in [2.24, 2.45) is 0 Å². The van der Waals surface area contributed by atoms with Crippen LogP contribution in [0.3, 0.4) is 0 Å². The fourth-order valence-corrected chi connectivity index (χ4v) is 1.62. The second kappa shape index (κ2) is 6.85. The number of ether oxygens (including phenoxy) is 1. The molecule has 0 aliphatic carbocycles. The molecule has 0 aliphatic heterocycles. The van der Waals surface area contributed by atoms with E-state index < -0.39 is 5.91 Å². The molecule has 21 heavy (non-hydrogen) atoms. The molecular formula is C13H14ClN5O2. The number of amides is 1. The van der Waals surface area contributed by atoms with Gasteiger partial charge in [-0.3, -0.25) is 15.6 Å². The Morgan fingerprint density at radius 3 is 2.62 bits per heavy atom.